The lowest BCUT2D eigenvalue weighted by Crippen LogP contribution is -2.41. The predicted molar refractivity (Wildman–Crippen MR) is 174 cm³/mol. The van der Waals surface area contributed by atoms with Gasteiger partial charge in [-0.1, -0.05) is 84.9 Å². The zero-order chi connectivity index (χ0) is 27.9. The molecular weight excluding hydrogens is 499 g/mol. The molecular formula is C38H31BO2. The molecule has 0 saturated carbocycles. The highest BCUT2D eigenvalue weighted by Gasteiger charge is 2.51. The molecule has 0 amide bonds. The molecule has 1 heterocycles. The second-order valence-corrected chi connectivity index (χ2v) is 12.5. The van der Waals surface area contributed by atoms with Crippen LogP contribution in [0.2, 0.25) is 0 Å². The van der Waals surface area contributed by atoms with Gasteiger partial charge in [-0.15, -0.1) is 0 Å². The highest BCUT2D eigenvalue weighted by Crippen LogP contribution is 2.40. The molecule has 0 spiro atoms. The van der Waals surface area contributed by atoms with E-state index in [0.717, 1.165) is 5.46 Å². The van der Waals surface area contributed by atoms with Gasteiger partial charge in [0.15, 0.2) is 0 Å². The molecule has 198 valence electrons. The summed E-state index contributed by atoms with van der Waals surface area (Å²) in [5.41, 5.74) is 5.19. The van der Waals surface area contributed by atoms with Gasteiger partial charge >= 0.3 is 7.12 Å². The average molecular weight is 530 g/mol. The highest BCUT2D eigenvalue weighted by atomic mass is 16.7. The Morgan fingerprint density at radius 1 is 0.415 bits per heavy atom. The first-order valence-electron chi connectivity index (χ1n) is 14.4. The molecule has 1 saturated heterocycles. The van der Waals surface area contributed by atoms with Gasteiger partial charge in [-0.05, 0) is 129 Å². The van der Waals surface area contributed by atoms with E-state index in [1.54, 1.807) is 0 Å². The van der Waals surface area contributed by atoms with Crippen molar-refractivity contribution < 1.29 is 9.31 Å². The van der Waals surface area contributed by atoms with Crippen molar-refractivity contribution in [2.45, 2.75) is 38.9 Å². The molecule has 7 aromatic rings. The second-order valence-electron chi connectivity index (χ2n) is 12.5. The molecule has 1 fully saturated rings. The molecule has 0 atom stereocenters. The van der Waals surface area contributed by atoms with E-state index >= 15 is 0 Å². The number of hydrogen-bond acceptors (Lipinski definition) is 2. The summed E-state index contributed by atoms with van der Waals surface area (Å²) in [4.78, 5) is 0. The number of benzene rings is 7. The highest BCUT2D eigenvalue weighted by molar-refractivity contribution is 6.62. The van der Waals surface area contributed by atoms with Gasteiger partial charge in [0.1, 0.15) is 0 Å². The van der Waals surface area contributed by atoms with Crippen molar-refractivity contribution >= 4 is 55.7 Å². The summed E-state index contributed by atoms with van der Waals surface area (Å²) < 4.78 is 12.7. The SMILES string of the molecule is CC1(C)OB(c2cccc(-c3cc4ccc5cc(-c6ccc7ccccc7c6)cc6ccc(c3)c4c56)c2)OC1(C)C. The smallest absolute Gasteiger partial charge is 0.399 e. The van der Waals surface area contributed by atoms with E-state index in [1.165, 1.54) is 65.3 Å². The summed E-state index contributed by atoms with van der Waals surface area (Å²) in [6, 6.07) is 42.3. The Morgan fingerprint density at radius 2 is 0.878 bits per heavy atom. The number of fused-ring (bicyclic) bond motifs is 1. The summed E-state index contributed by atoms with van der Waals surface area (Å²) in [6.45, 7) is 8.39. The molecule has 0 radical (unpaired) electrons. The molecule has 1 aliphatic rings. The van der Waals surface area contributed by atoms with E-state index < -0.39 is 0 Å². The van der Waals surface area contributed by atoms with Gasteiger partial charge in [0.05, 0.1) is 11.2 Å². The van der Waals surface area contributed by atoms with Crippen LogP contribution in [0.25, 0.3) is 65.3 Å². The molecule has 7 aromatic carbocycles. The van der Waals surface area contributed by atoms with Crippen LogP contribution < -0.4 is 5.46 Å². The molecule has 0 bridgehead atoms. The maximum absolute atomic E-state index is 6.34. The van der Waals surface area contributed by atoms with E-state index in [4.69, 9.17) is 9.31 Å². The minimum absolute atomic E-state index is 0.363. The zero-order valence-corrected chi connectivity index (χ0v) is 23.9. The van der Waals surface area contributed by atoms with Crippen molar-refractivity contribution in [3.05, 3.63) is 115 Å². The van der Waals surface area contributed by atoms with Gasteiger partial charge in [0.2, 0.25) is 0 Å². The van der Waals surface area contributed by atoms with Crippen molar-refractivity contribution in [2.75, 3.05) is 0 Å². The third kappa shape index (κ3) is 3.88. The van der Waals surface area contributed by atoms with Crippen LogP contribution in [-0.2, 0) is 9.31 Å². The van der Waals surface area contributed by atoms with Crippen molar-refractivity contribution in [3.8, 4) is 22.3 Å². The molecule has 8 rings (SSSR count). The Morgan fingerprint density at radius 3 is 1.44 bits per heavy atom. The molecule has 0 aromatic heterocycles. The van der Waals surface area contributed by atoms with Crippen LogP contribution in [0.15, 0.2) is 115 Å². The standard InChI is InChI=1S/C38H31BO2/c1-37(2)38(3,4)41-39(40-37)34-11-7-10-26(23-34)32-19-28-14-16-30-21-33(22-31-17-15-29(20-32)35(28)36(30)31)27-13-12-24-8-5-6-9-25(24)18-27/h5-23H,1-4H3. The van der Waals surface area contributed by atoms with E-state index in [0.29, 0.717) is 0 Å². The topological polar surface area (TPSA) is 18.5 Å². The quantitative estimate of drug-likeness (QED) is 0.167. The van der Waals surface area contributed by atoms with Gasteiger partial charge in [-0.3, -0.25) is 0 Å². The summed E-state index contributed by atoms with van der Waals surface area (Å²) in [6.07, 6.45) is 0. The molecule has 0 N–H and O–H groups in total. The number of rotatable bonds is 3. The Hall–Kier alpha value is -4.18. The maximum Gasteiger partial charge on any atom is 0.494 e. The van der Waals surface area contributed by atoms with E-state index in [-0.39, 0.29) is 18.3 Å². The molecule has 2 nitrogen and oxygen atoms in total. The number of hydrogen-bond donors (Lipinski definition) is 0. The Labute approximate surface area is 241 Å². The fourth-order valence-electron chi connectivity index (χ4n) is 6.38. The van der Waals surface area contributed by atoms with Crippen LogP contribution in [0.5, 0.6) is 0 Å². The van der Waals surface area contributed by atoms with Crippen LogP contribution in [0.3, 0.4) is 0 Å². The Balaban J connectivity index is 1.22. The zero-order valence-electron chi connectivity index (χ0n) is 23.9. The van der Waals surface area contributed by atoms with Gasteiger partial charge in [0.25, 0.3) is 0 Å². The molecule has 41 heavy (non-hydrogen) atoms. The summed E-state index contributed by atoms with van der Waals surface area (Å²) in [5.74, 6) is 0. The fourth-order valence-corrected chi connectivity index (χ4v) is 6.38. The molecule has 1 aliphatic heterocycles. The monoisotopic (exact) mass is 530 g/mol. The lowest BCUT2D eigenvalue weighted by Gasteiger charge is -2.32. The van der Waals surface area contributed by atoms with Crippen LogP contribution in [0.4, 0.5) is 0 Å². The predicted octanol–water partition coefficient (Wildman–Crippen LogP) is 9.37. The Kier molecular flexibility index (Phi) is 5.20. The van der Waals surface area contributed by atoms with Crippen LogP contribution in [0, 0.1) is 0 Å². The maximum atomic E-state index is 6.34. The lowest BCUT2D eigenvalue weighted by atomic mass is 9.78. The van der Waals surface area contributed by atoms with Crippen molar-refractivity contribution in [2.24, 2.45) is 0 Å². The fraction of sp³-hybridized carbons (Fsp3) is 0.158. The second kappa shape index (κ2) is 8.66. The minimum Gasteiger partial charge on any atom is -0.399 e. The summed E-state index contributed by atoms with van der Waals surface area (Å²) in [7, 11) is -0.373. The van der Waals surface area contributed by atoms with Crippen LogP contribution >= 0.6 is 0 Å². The summed E-state index contributed by atoms with van der Waals surface area (Å²) >= 11 is 0. The van der Waals surface area contributed by atoms with Crippen LogP contribution in [-0.4, -0.2) is 18.3 Å². The Bertz CT molecular complexity index is 2040. The van der Waals surface area contributed by atoms with Crippen molar-refractivity contribution in [1.82, 2.24) is 0 Å². The summed E-state index contributed by atoms with van der Waals surface area (Å²) in [5, 5.41) is 10.3. The van der Waals surface area contributed by atoms with Gasteiger partial charge < -0.3 is 9.31 Å². The van der Waals surface area contributed by atoms with E-state index in [2.05, 4.69) is 143 Å². The van der Waals surface area contributed by atoms with Crippen molar-refractivity contribution in [1.29, 1.82) is 0 Å². The average Bonchev–Trinajstić information content (AvgIpc) is 3.21. The van der Waals surface area contributed by atoms with Gasteiger partial charge in [0, 0.05) is 0 Å². The molecule has 0 unspecified atom stereocenters. The molecule has 0 aliphatic carbocycles. The first-order valence-corrected chi connectivity index (χ1v) is 14.4. The minimum atomic E-state index is -0.373. The van der Waals surface area contributed by atoms with Gasteiger partial charge in [-0.2, -0.15) is 0 Å². The lowest BCUT2D eigenvalue weighted by molar-refractivity contribution is 0.00578. The first-order chi connectivity index (χ1) is 19.8. The van der Waals surface area contributed by atoms with Crippen LogP contribution in [0.1, 0.15) is 27.7 Å². The van der Waals surface area contributed by atoms with Gasteiger partial charge in [-0.25, -0.2) is 0 Å². The molecule has 3 heteroatoms. The van der Waals surface area contributed by atoms with E-state index in [1.807, 2.05) is 0 Å². The normalized spacial score (nSPS) is 16.4. The van der Waals surface area contributed by atoms with E-state index in [9.17, 15) is 0 Å². The third-order valence-electron chi connectivity index (χ3n) is 9.36. The first kappa shape index (κ1) is 24.6. The largest absolute Gasteiger partial charge is 0.494 e. The van der Waals surface area contributed by atoms with Crippen molar-refractivity contribution in [3.63, 3.8) is 0 Å². The third-order valence-corrected chi connectivity index (χ3v) is 9.36.